The SMILES string of the molecule is Cc1ccc(-c2ccc3c(c2)c2ccccc2n3-c2c(-c3ccc(-n4c5ccccc5c5ccccc54)cc3)cc(-c3nc(-c4ccccc4)cc(-c4ccccc4)n3)cc2-c2ccc(-n3c4ccccc4c4ccccc43)cc2)cc1. The van der Waals surface area contributed by atoms with Crippen LogP contribution in [0.4, 0.5) is 0 Å². The Hall–Kier alpha value is -10.9. The molecule has 4 heterocycles. The van der Waals surface area contributed by atoms with Crippen molar-refractivity contribution >= 4 is 65.4 Å². The largest absolute Gasteiger partial charge is 0.309 e. The molecule has 0 aliphatic carbocycles. The van der Waals surface area contributed by atoms with Crippen LogP contribution in [0.15, 0.2) is 291 Å². The molecule has 0 N–H and O–H groups in total. The monoisotopic (exact) mass is 1050 g/mol. The van der Waals surface area contributed by atoms with Crippen LogP contribution in [-0.2, 0) is 0 Å². The summed E-state index contributed by atoms with van der Waals surface area (Å²) in [5.41, 5.74) is 22.7. The van der Waals surface area contributed by atoms with Crippen molar-refractivity contribution in [2.24, 2.45) is 0 Å². The van der Waals surface area contributed by atoms with E-state index < -0.39 is 0 Å². The van der Waals surface area contributed by atoms with Gasteiger partial charge in [-0.05, 0) is 114 Å². The normalized spacial score (nSPS) is 11.7. The Kier molecular flexibility index (Phi) is 11.0. The zero-order valence-corrected chi connectivity index (χ0v) is 44.9. The van der Waals surface area contributed by atoms with Crippen LogP contribution in [0.5, 0.6) is 0 Å². The van der Waals surface area contributed by atoms with Gasteiger partial charge in [-0.2, -0.15) is 0 Å². The summed E-state index contributed by atoms with van der Waals surface area (Å²) in [5.74, 6) is 0.642. The molecule has 0 fully saturated rings. The maximum Gasteiger partial charge on any atom is 0.160 e. The third-order valence-electron chi connectivity index (χ3n) is 16.5. The Morgan fingerprint density at radius 3 is 1.04 bits per heavy atom. The van der Waals surface area contributed by atoms with Gasteiger partial charge >= 0.3 is 0 Å². The summed E-state index contributed by atoms with van der Waals surface area (Å²) in [6.07, 6.45) is 0. The second kappa shape index (κ2) is 19.2. The molecule has 0 aliphatic rings. The highest BCUT2D eigenvalue weighted by Gasteiger charge is 2.24. The van der Waals surface area contributed by atoms with E-state index in [0.29, 0.717) is 5.82 Å². The van der Waals surface area contributed by atoms with Gasteiger partial charge in [0.2, 0.25) is 0 Å². The molecule has 0 radical (unpaired) electrons. The summed E-state index contributed by atoms with van der Waals surface area (Å²) >= 11 is 0. The van der Waals surface area contributed by atoms with E-state index in [2.05, 4.69) is 312 Å². The van der Waals surface area contributed by atoms with Crippen LogP contribution in [0.1, 0.15) is 5.56 Å². The molecule has 0 unspecified atom stereocenters. The average molecular weight is 1050 g/mol. The van der Waals surface area contributed by atoms with Crippen LogP contribution in [0.3, 0.4) is 0 Å². The minimum Gasteiger partial charge on any atom is -0.309 e. The lowest BCUT2D eigenvalue weighted by Crippen LogP contribution is -2.03. The fourth-order valence-electron chi connectivity index (χ4n) is 12.7. The summed E-state index contributed by atoms with van der Waals surface area (Å²) < 4.78 is 7.29. The zero-order chi connectivity index (χ0) is 54.3. The van der Waals surface area contributed by atoms with Crippen LogP contribution >= 0.6 is 0 Å². The number of hydrogen-bond acceptors (Lipinski definition) is 2. The molecule has 82 heavy (non-hydrogen) atoms. The lowest BCUT2D eigenvalue weighted by molar-refractivity contribution is 1.16. The van der Waals surface area contributed by atoms with E-state index in [0.717, 1.165) is 78.4 Å². The summed E-state index contributed by atoms with van der Waals surface area (Å²) in [6.45, 7) is 2.14. The van der Waals surface area contributed by atoms with Gasteiger partial charge in [0, 0.05) is 71.5 Å². The molecular formula is C77H51N5. The van der Waals surface area contributed by atoms with E-state index in [1.165, 1.54) is 71.1 Å². The van der Waals surface area contributed by atoms with Crippen molar-refractivity contribution in [3.05, 3.63) is 297 Å². The maximum atomic E-state index is 5.49. The van der Waals surface area contributed by atoms with Crippen LogP contribution in [-0.4, -0.2) is 23.7 Å². The summed E-state index contributed by atoms with van der Waals surface area (Å²) in [5, 5.41) is 7.30. The number of nitrogens with zero attached hydrogens (tertiary/aromatic N) is 5. The van der Waals surface area contributed by atoms with E-state index in [1.807, 2.05) is 0 Å². The highest BCUT2D eigenvalue weighted by molar-refractivity contribution is 6.13. The van der Waals surface area contributed by atoms with Crippen molar-refractivity contribution in [2.45, 2.75) is 6.92 Å². The molecule has 0 amide bonds. The third kappa shape index (κ3) is 7.77. The van der Waals surface area contributed by atoms with Crippen molar-refractivity contribution in [1.29, 1.82) is 0 Å². The average Bonchev–Trinajstić information content (AvgIpc) is 4.30. The molecule has 12 aromatic carbocycles. The van der Waals surface area contributed by atoms with Gasteiger partial charge in [-0.25, -0.2) is 9.97 Å². The quantitative estimate of drug-likeness (QED) is 0.145. The van der Waals surface area contributed by atoms with Crippen LogP contribution in [0.2, 0.25) is 0 Å². The Balaban J connectivity index is 0.992. The number of aromatic nitrogens is 5. The molecule has 0 spiro atoms. The number of para-hydroxylation sites is 5. The van der Waals surface area contributed by atoms with Gasteiger partial charge in [0.25, 0.3) is 0 Å². The second-order valence-corrected chi connectivity index (χ2v) is 21.4. The Morgan fingerprint density at radius 1 is 0.244 bits per heavy atom. The molecule has 0 atom stereocenters. The smallest absolute Gasteiger partial charge is 0.160 e. The third-order valence-corrected chi connectivity index (χ3v) is 16.5. The molecule has 5 nitrogen and oxygen atoms in total. The first-order chi connectivity index (χ1) is 40.6. The molecule has 5 heteroatoms. The second-order valence-electron chi connectivity index (χ2n) is 21.4. The summed E-state index contributed by atoms with van der Waals surface area (Å²) in [4.78, 5) is 11.0. The number of benzene rings is 12. The number of aryl methyl sites for hydroxylation is 1. The summed E-state index contributed by atoms with van der Waals surface area (Å²) in [6, 6.07) is 106. The van der Waals surface area contributed by atoms with Crippen LogP contribution in [0, 0.1) is 6.92 Å². The fraction of sp³-hybridized carbons (Fsp3) is 0.0130. The first kappa shape index (κ1) is 47.1. The first-order valence-electron chi connectivity index (χ1n) is 28.0. The van der Waals surface area contributed by atoms with Crippen LogP contribution in [0.25, 0.3) is 150 Å². The predicted molar refractivity (Wildman–Crippen MR) is 342 cm³/mol. The lowest BCUT2D eigenvalue weighted by atomic mass is 9.92. The lowest BCUT2D eigenvalue weighted by Gasteiger charge is -2.22. The zero-order valence-electron chi connectivity index (χ0n) is 44.9. The van der Waals surface area contributed by atoms with Gasteiger partial charge in [0.15, 0.2) is 5.82 Å². The van der Waals surface area contributed by atoms with E-state index in [1.54, 1.807) is 0 Å². The standard InChI is InChI=1S/C77H51N5/c1-50-32-34-51(35-33-50)56-40-45-75-67(46-56)64-26-12-17-31-74(64)82(75)76-65(52-36-41-58(42-37-52)80-70-27-13-8-22-60(70)61-23-9-14-28-71(61)80)47-57(77-78-68(54-18-4-2-5-19-54)49-69(79-77)55-20-6-3-7-21-55)48-66(76)53-38-43-59(44-39-53)81-72-29-15-10-24-62(72)63-25-11-16-30-73(63)81/h2-49H,1H3. The number of fused-ring (bicyclic) bond motifs is 9. The molecule has 0 saturated heterocycles. The first-order valence-corrected chi connectivity index (χ1v) is 28.0. The van der Waals surface area contributed by atoms with Gasteiger partial charge in [-0.3, -0.25) is 0 Å². The van der Waals surface area contributed by atoms with Crippen molar-refractivity contribution in [1.82, 2.24) is 23.7 Å². The Morgan fingerprint density at radius 2 is 0.598 bits per heavy atom. The Bertz CT molecular complexity index is 4780. The Labute approximate surface area is 474 Å². The van der Waals surface area contributed by atoms with Crippen molar-refractivity contribution in [2.75, 3.05) is 0 Å². The molecule has 0 bridgehead atoms. The molecule has 16 rings (SSSR count). The van der Waals surface area contributed by atoms with E-state index >= 15 is 0 Å². The van der Waals surface area contributed by atoms with Crippen molar-refractivity contribution in [3.8, 4) is 84.3 Å². The molecule has 0 aliphatic heterocycles. The van der Waals surface area contributed by atoms with E-state index in [9.17, 15) is 0 Å². The van der Waals surface area contributed by atoms with E-state index in [-0.39, 0.29) is 0 Å². The van der Waals surface area contributed by atoms with Gasteiger partial charge in [0.1, 0.15) is 0 Å². The van der Waals surface area contributed by atoms with E-state index in [4.69, 9.17) is 9.97 Å². The highest BCUT2D eigenvalue weighted by atomic mass is 15.0. The molecule has 0 saturated carbocycles. The molecular weight excluding hydrogens is 995 g/mol. The number of rotatable bonds is 9. The van der Waals surface area contributed by atoms with Gasteiger partial charge < -0.3 is 13.7 Å². The van der Waals surface area contributed by atoms with Gasteiger partial charge in [-0.15, -0.1) is 0 Å². The summed E-state index contributed by atoms with van der Waals surface area (Å²) in [7, 11) is 0. The van der Waals surface area contributed by atoms with Crippen molar-refractivity contribution < 1.29 is 0 Å². The maximum absolute atomic E-state index is 5.49. The van der Waals surface area contributed by atoms with Gasteiger partial charge in [0.05, 0.1) is 50.2 Å². The fourth-order valence-corrected chi connectivity index (χ4v) is 12.7. The molecule has 384 valence electrons. The minimum atomic E-state index is 0.642. The van der Waals surface area contributed by atoms with Crippen molar-refractivity contribution in [3.63, 3.8) is 0 Å². The predicted octanol–water partition coefficient (Wildman–Crippen LogP) is 20.1. The molecule has 16 aromatic rings. The molecule has 4 aromatic heterocycles. The topological polar surface area (TPSA) is 40.6 Å². The minimum absolute atomic E-state index is 0.642. The van der Waals surface area contributed by atoms with Gasteiger partial charge in [-0.1, -0.05) is 212 Å². The number of hydrogen-bond donors (Lipinski definition) is 0. The highest BCUT2D eigenvalue weighted by Crippen LogP contribution is 2.46. The van der Waals surface area contributed by atoms with Crippen LogP contribution < -0.4 is 0 Å².